The summed E-state index contributed by atoms with van der Waals surface area (Å²) in [6.07, 6.45) is 1.55. The van der Waals surface area contributed by atoms with E-state index in [9.17, 15) is 9.90 Å². The number of H-pyrrole nitrogens is 1. The average Bonchev–Trinajstić information content (AvgIpc) is 2.74. The largest absolute Gasteiger partial charge is 0.477 e. The van der Waals surface area contributed by atoms with Crippen molar-refractivity contribution >= 4 is 17.6 Å². The molecule has 0 aromatic carbocycles. The van der Waals surface area contributed by atoms with Crippen LogP contribution < -0.4 is 0 Å². The van der Waals surface area contributed by atoms with Gasteiger partial charge in [-0.05, 0) is 12.1 Å². The highest BCUT2D eigenvalue weighted by Gasteiger charge is 2.25. The monoisotopic (exact) mass is 279 g/mol. The Kier molecular flexibility index (Phi) is 3.32. The van der Waals surface area contributed by atoms with Crippen LogP contribution in [-0.2, 0) is 5.41 Å². The third kappa shape index (κ3) is 2.61. The van der Waals surface area contributed by atoms with Gasteiger partial charge in [0.15, 0.2) is 5.69 Å². The Morgan fingerprint density at radius 1 is 1.42 bits per heavy atom. The van der Waals surface area contributed by atoms with Crippen molar-refractivity contribution in [3.05, 3.63) is 35.0 Å². The Bertz CT molecular complexity index is 629. The molecule has 0 amide bonds. The molecular formula is C13H14ClN3O2. The molecule has 2 heterocycles. The summed E-state index contributed by atoms with van der Waals surface area (Å²) >= 11 is 6.00. The number of carboxylic acids is 1. The van der Waals surface area contributed by atoms with Crippen molar-refractivity contribution in [1.29, 1.82) is 0 Å². The van der Waals surface area contributed by atoms with E-state index in [0.29, 0.717) is 17.1 Å². The molecule has 0 spiro atoms. The lowest BCUT2D eigenvalue weighted by Gasteiger charge is -2.13. The van der Waals surface area contributed by atoms with Gasteiger partial charge in [-0.2, -0.15) is 0 Å². The smallest absolute Gasteiger partial charge is 0.354 e. The van der Waals surface area contributed by atoms with Gasteiger partial charge < -0.3 is 10.1 Å². The fraction of sp³-hybridized carbons (Fsp3) is 0.308. The van der Waals surface area contributed by atoms with E-state index in [2.05, 4.69) is 15.0 Å². The van der Waals surface area contributed by atoms with Crippen LogP contribution in [0.3, 0.4) is 0 Å². The SMILES string of the molecule is CC(C)(C)c1nc(-c2cccnc2Cl)c(C(=O)O)[nH]1. The van der Waals surface area contributed by atoms with Crippen molar-refractivity contribution in [2.75, 3.05) is 0 Å². The van der Waals surface area contributed by atoms with E-state index < -0.39 is 5.97 Å². The molecule has 0 saturated carbocycles. The molecule has 2 aromatic rings. The number of hydrogen-bond donors (Lipinski definition) is 2. The molecule has 2 aromatic heterocycles. The number of pyridine rings is 1. The molecule has 5 nitrogen and oxygen atoms in total. The minimum atomic E-state index is -1.07. The normalized spacial score (nSPS) is 11.6. The number of nitrogens with one attached hydrogen (secondary N) is 1. The Hall–Kier alpha value is -1.88. The van der Waals surface area contributed by atoms with E-state index in [0.717, 1.165) is 0 Å². The van der Waals surface area contributed by atoms with Gasteiger partial charge in [0.05, 0.1) is 0 Å². The molecule has 0 fully saturated rings. The molecule has 2 rings (SSSR count). The van der Waals surface area contributed by atoms with E-state index in [1.165, 1.54) is 0 Å². The lowest BCUT2D eigenvalue weighted by molar-refractivity contribution is 0.0692. The molecule has 0 atom stereocenters. The van der Waals surface area contributed by atoms with Gasteiger partial charge in [-0.1, -0.05) is 32.4 Å². The van der Waals surface area contributed by atoms with E-state index in [4.69, 9.17) is 11.6 Å². The van der Waals surface area contributed by atoms with Crippen molar-refractivity contribution in [1.82, 2.24) is 15.0 Å². The molecule has 0 aliphatic carbocycles. The lowest BCUT2D eigenvalue weighted by Crippen LogP contribution is -2.13. The summed E-state index contributed by atoms with van der Waals surface area (Å²) in [5.74, 6) is -0.474. The summed E-state index contributed by atoms with van der Waals surface area (Å²) in [4.78, 5) is 22.5. The van der Waals surface area contributed by atoms with Crippen LogP contribution in [0.4, 0.5) is 0 Å². The molecule has 0 bridgehead atoms. The molecular weight excluding hydrogens is 266 g/mol. The van der Waals surface area contributed by atoms with Crippen molar-refractivity contribution < 1.29 is 9.90 Å². The zero-order valence-electron chi connectivity index (χ0n) is 10.9. The maximum absolute atomic E-state index is 11.3. The number of aromatic nitrogens is 3. The highest BCUT2D eigenvalue weighted by atomic mass is 35.5. The van der Waals surface area contributed by atoms with Crippen molar-refractivity contribution in [2.24, 2.45) is 0 Å². The van der Waals surface area contributed by atoms with Crippen LogP contribution in [0.5, 0.6) is 0 Å². The zero-order chi connectivity index (χ0) is 14.2. The highest BCUT2D eigenvalue weighted by molar-refractivity contribution is 6.32. The molecule has 0 unspecified atom stereocenters. The summed E-state index contributed by atoms with van der Waals surface area (Å²) in [6.45, 7) is 5.85. The van der Waals surface area contributed by atoms with Gasteiger partial charge in [-0.3, -0.25) is 0 Å². The molecule has 6 heteroatoms. The number of carbonyl (C=O) groups is 1. The van der Waals surface area contributed by atoms with Gasteiger partial charge in [0.25, 0.3) is 0 Å². The molecule has 100 valence electrons. The highest BCUT2D eigenvalue weighted by Crippen LogP contribution is 2.30. The van der Waals surface area contributed by atoms with Crippen LogP contribution in [0, 0.1) is 0 Å². The van der Waals surface area contributed by atoms with E-state index >= 15 is 0 Å². The van der Waals surface area contributed by atoms with Crippen molar-refractivity contribution in [3.63, 3.8) is 0 Å². The number of hydrogen-bond acceptors (Lipinski definition) is 3. The zero-order valence-corrected chi connectivity index (χ0v) is 11.6. The maximum Gasteiger partial charge on any atom is 0.354 e. The van der Waals surface area contributed by atoms with Gasteiger partial charge in [-0.25, -0.2) is 14.8 Å². The van der Waals surface area contributed by atoms with Gasteiger partial charge in [-0.15, -0.1) is 0 Å². The van der Waals surface area contributed by atoms with E-state index in [1.807, 2.05) is 20.8 Å². The fourth-order valence-electron chi connectivity index (χ4n) is 1.64. The number of imidazole rings is 1. The van der Waals surface area contributed by atoms with Crippen LogP contribution >= 0.6 is 11.6 Å². The van der Waals surface area contributed by atoms with Crippen LogP contribution in [-0.4, -0.2) is 26.0 Å². The maximum atomic E-state index is 11.3. The second-order valence-corrected chi connectivity index (χ2v) is 5.56. The Balaban J connectivity index is 2.66. The minimum Gasteiger partial charge on any atom is -0.477 e. The number of carboxylic acid groups (broad SMARTS) is 1. The summed E-state index contributed by atoms with van der Waals surface area (Å²) in [7, 11) is 0. The van der Waals surface area contributed by atoms with Crippen LogP contribution in [0.1, 0.15) is 37.1 Å². The summed E-state index contributed by atoms with van der Waals surface area (Å²) in [6, 6.07) is 3.39. The first kappa shape index (κ1) is 13.5. The summed E-state index contributed by atoms with van der Waals surface area (Å²) in [5, 5.41) is 9.50. The molecule has 0 saturated heterocycles. The predicted octanol–water partition coefficient (Wildman–Crippen LogP) is 3.12. The van der Waals surface area contributed by atoms with Gasteiger partial charge in [0.2, 0.25) is 0 Å². The van der Waals surface area contributed by atoms with Crippen LogP contribution in [0.25, 0.3) is 11.3 Å². The molecule has 2 N–H and O–H groups in total. The minimum absolute atomic E-state index is 0.0276. The van der Waals surface area contributed by atoms with Gasteiger partial charge in [0.1, 0.15) is 16.7 Å². The molecule has 0 radical (unpaired) electrons. The third-order valence-corrected chi connectivity index (χ3v) is 2.94. The second kappa shape index (κ2) is 4.66. The number of nitrogens with zero attached hydrogens (tertiary/aromatic N) is 2. The first-order valence-corrected chi connectivity index (χ1v) is 6.13. The van der Waals surface area contributed by atoms with E-state index in [-0.39, 0.29) is 16.3 Å². The average molecular weight is 280 g/mol. The number of aromatic amines is 1. The third-order valence-electron chi connectivity index (χ3n) is 2.64. The Morgan fingerprint density at radius 3 is 2.63 bits per heavy atom. The Morgan fingerprint density at radius 2 is 2.11 bits per heavy atom. The van der Waals surface area contributed by atoms with Gasteiger partial charge >= 0.3 is 5.97 Å². The first-order valence-electron chi connectivity index (χ1n) is 5.75. The number of aromatic carboxylic acids is 1. The predicted molar refractivity (Wildman–Crippen MR) is 72.5 cm³/mol. The molecule has 0 aliphatic rings. The fourth-order valence-corrected chi connectivity index (χ4v) is 1.85. The van der Waals surface area contributed by atoms with Crippen molar-refractivity contribution in [3.8, 4) is 11.3 Å². The quantitative estimate of drug-likeness (QED) is 0.828. The Labute approximate surface area is 115 Å². The van der Waals surface area contributed by atoms with Gasteiger partial charge in [0, 0.05) is 17.2 Å². The summed E-state index contributed by atoms with van der Waals surface area (Å²) in [5.41, 5.74) is 0.570. The lowest BCUT2D eigenvalue weighted by atomic mass is 9.96. The summed E-state index contributed by atoms with van der Waals surface area (Å²) < 4.78 is 0. The molecule has 0 aliphatic heterocycles. The number of halogens is 1. The van der Waals surface area contributed by atoms with Crippen molar-refractivity contribution in [2.45, 2.75) is 26.2 Å². The topological polar surface area (TPSA) is 78.9 Å². The van der Waals surface area contributed by atoms with Crippen LogP contribution in [0.15, 0.2) is 18.3 Å². The molecule has 19 heavy (non-hydrogen) atoms. The second-order valence-electron chi connectivity index (χ2n) is 5.21. The first-order chi connectivity index (χ1) is 8.80. The number of rotatable bonds is 2. The van der Waals surface area contributed by atoms with Crippen LogP contribution in [0.2, 0.25) is 5.15 Å². The standard InChI is InChI=1S/C13H14ClN3O2/c1-13(2,3)12-16-8(9(17-12)11(18)19)7-5-4-6-15-10(7)14/h4-6H,1-3H3,(H,16,17)(H,18,19). The van der Waals surface area contributed by atoms with E-state index in [1.54, 1.807) is 18.3 Å².